The van der Waals surface area contributed by atoms with E-state index in [1.54, 1.807) is 18.7 Å². The highest BCUT2D eigenvalue weighted by atomic mass is 16.5. The molecule has 1 saturated heterocycles. The first-order valence-corrected chi connectivity index (χ1v) is 12.1. The standard InChI is InChI=1S/C27H33N5O4/c1-26(2,28)24(34)29-21(17-36-16-20-11-7-4-8-12-20)23(33)32-14-13-22-27(18-32,25(35)31-30-22)15-19-9-5-3-6-10-19/h3-12,21H,13-18,28H2,1-2H3,(H,29,34)(H,31,35)/t21?,27-/m0/s1. The van der Waals surface area contributed by atoms with Crippen molar-refractivity contribution < 1.29 is 19.1 Å². The Morgan fingerprint density at radius 3 is 2.42 bits per heavy atom. The van der Waals surface area contributed by atoms with Gasteiger partial charge in [-0.05, 0) is 31.4 Å². The zero-order valence-corrected chi connectivity index (χ0v) is 20.7. The van der Waals surface area contributed by atoms with Crippen LogP contribution in [0.1, 0.15) is 31.4 Å². The van der Waals surface area contributed by atoms with E-state index in [1.807, 2.05) is 60.7 Å². The molecule has 2 atom stereocenters. The van der Waals surface area contributed by atoms with Gasteiger partial charge in [0, 0.05) is 19.5 Å². The van der Waals surface area contributed by atoms with Gasteiger partial charge >= 0.3 is 0 Å². The number of hydrazone groups is 1. The lowest BCUT2D eigenvalue weighted by molar-refractivity contribution is -0.142. The molecule has 0 radical (unpaired) electrons. The fourth-order valence-corrected chi connectivity index (χ4v) is 4.55. The molecule has 2 aromatic carbocycles. The number of nitrogens with zero attached hydrogens (tertiary/aromatic N) is 2. The van der Waals surface area contributed by atoms with E-state index in [0.717, 1.165) is 16.8 Å². The topological polar surface area (TPSA) is 126 Å². The number of likely N-dealkylation sites (tertiary alicyclic amines) is 1. The lowest BCUT2D eigenvalue weighted by atomic mass is 9.73. The van der Waals surface area contributed by atoms with Gasteiger partial charge < -0.3 is 20.7 Å². The van der Waals surface area contributed by atoms with Crippen LogP contribution in [-0.4, -0.2) is 59.6 Å². The van der Waals surface area contributed by atoms with Crippen molar-refractivity contribution >= 4 is 23.4 Å². The molecule has 0 aromatic heterocycles. The molecular weight excluding hydrogens is 458 g/mol. The fraction of sp³-hybridized carbons (Fsp3) is 0.407. The van der Waals surface area contributed by atoms with Crippen LogP contribution >= 0.6 is 0 Å². The molecule has 9 nitrogen and oxygen atoms in total. The summed E-state index contributed by atoms with van der Waals surface area (Å²) >= 11 is 0. The third kappa shape index (κ3) is 5.63. The van der Waals surface area contributed by atoms with Crippen molar-refractivity contribution in [2.45, 2.75) is 44.9 Å². The van der Waals surface area contributed by atoms with Crippen molar-refractivity contribution in [1.82, 2.24) is 15.6 Å². The van der Waals surface area contributed by atoms with E-state index < -0.39 is 22.9 Å². The number of carbonyl (C=O) groups is 3. The number of benzene rings is 2. The first-order chi connectivity index (χ1) is 17.2. The smallest absolute Gasteiger partial charge is 0.254 e. The second kappa shape index (κ2) is 10.6. The lowest BCUT2D eigenvalue weighted by Crippen LogP contribution is -2.61. The van der Waals surface area contributed by atoms with Gasteiger partial charge in [0.15, 0.2) is 0 Å². The van der Waals surface area contributed by atoms with Crippen LogP contribution in [0.25, 0.3) is 0 Å². The minimum atomic E-state index is -1.17. The Bertz CT molecular complexity index is 1130. The monoisotopic (exact) mass is 491 g/mol. The molecule has 4 rings (SSSR count). The van der Waals surface area contributed by atoms with Crippen molar-refractivity contribution in [1.29, 1.82) is 0 Å². The number of piperidine rings is 1. The second-order valence-electron chi connectivity index (χ2n) is 10.0. The number of nitrogens with one attached hydrogen (secondary N) is 2. The number of rotatable bonds is 9. The molecule has 2 aliphatic rings. The van der Waals surface area contributed by atoms with Crippen LogP contribution in [0, 0.1) is 5.41 Å². The molecule has 36 heavy (non-hydrogen) atoms. The van der Waals surface area contributed by atoms with Crippen molar-refractivity contribution in [2.75, 3.05) is 19.7 Å². The van der Waals surface area contributed by atoms with E-state index >= 15 is 0 Å². The molecule has 1 unspecified atom stereocenters. The maximum absolute atomic E-state index is 13.7. The Kier molecular flexibility index (Phi) is 7.51. The summed E-state index contributed by atoms with van der Waals surface area (Å²) in [6.07, 6.45) is 0.894. The van der Waals surface area contributed by atoms with Gasteiger partial charge in [0.05, 0.1) is 24.5 Å². The molecule has 3 amide bonds. The Labute approximate surface area is 211 Å². The molecule has 2 aromatic rings. The van der Waals surface area contributed by atoms with Crippen LogP contribution in [-0.2, 0) is 32.1 Å². The highest BCUT2D eigenvalue weighted by Crippen LogP contribution is 2.35. The van der Waals surface area contributed by atoms with Gasteiger partial charge in [-0.15, -0.1) is 0 Å². The summed E-state index contributed by atoms with van der Waals surface area (Å²) in [5.74, 6) is -0.990. The summed E-state index contributed by atoms with van der Waals surface area (Å²) in [6, 6.07) is 18.3. The van der Waals surface area contributed by atoms with Gasteiger partial charge in [-0.3, -0.25) is 14.4 Å². The van der Waals surface area contributed by atoms with Gasteiger partial charge in [0.25, 0.3) is 5.91 Å². The maximum Gasteiger partial charge on any atom is 0.254 e. The van der Waals surface area contributed by atoms with E-state index in [4.69, 9.17) is 10.5 Å². The predicted molar refractivity (Wildman–Crippen MR) is 136 cm³/mol. The lowest BCUT2D eigenvalue weighted by Gasteiger charge is -2.40. The first kappa shape index (κ1) is 25.5. The SMILES string of the molecule is CC(C)(N)C(=O)NC(COCc1ccccc1)C(=O)N1CCC2=NNC(=O)[C@@]2(Cc2ccccc2)C1. The molecular formula is C27H33N5O4. The van der Waals surface area contributed by atoms with E-state index in [0.29, 0.717) is 26.0 Å². The quantitative estimate of drug-likeness (QED) is 0.489. The average Bonchev–Trinajstić information content (AvgIpc) is 3.18. The van der Waals surface area contributed by atoms with Crippen molar-refractivity contribution in [3.05, 3.63) is 71.8 Å². The summed E-state index contributed by atoms with van der Waals surface area (Å²) in [4.78, 5) is 41.1. The minimum absolute atomic E-state index is 0.0229. The second-order valence-corrected chi connectivity index (χ2v) is 10.0. The maximum atomic E-state index is 13.7. The van der Waals surface area contributed by atoms with E-state index in [9.17, 15) is 14.4 Å². The summed E-state index contributed by atoms with van der Waals surface area (Å²) in [6.45, 7) is 3.99. The highest BCUT2D eigenvalue weighted by molar-refractivity contribution is 6.13. The molecule has 0 aliphatic carbocycles. The Hall–Kier alpha value is -3.56. The van der Waals surface area contributed by atoms with Gasteiger partial charge in [0.1, 0.15) is 11.5 Å². The molecule has 1 fully saturated rings. The zero-order valence-electron chi connectivity index (χ0n) is 20.7. The molecule has 9 heteroatoms. The summed E-state index contributed by atoms with van der Waals surface area (Å²) in [7, 11) is 0. The van der Waals surface area contributed by atoms with Gasteiger partial charge in [-0.25, -0.2) is 5.43 Å². The predicted octanol–water partition coefficient (Wildman–Crippen LogP) is 1.37. The van der Waals surface area contributed by atoms with Crippen LogP contribution in [0.15, 0.2) is 65.8 Å². The largest absolute Gasteiger partial charge is 0.374 e. The number of fused-ring (bicyclic) bond motifs is 1. The zero-order chi connectivity index (χ0) is 25.8. The van der Waals surface area contributed by atoms with E-state index in [1.165, 1.54) is 0 Å². The fourth-order valence-electron chi connectivity index (χ4n) is 4.55. The number of hydrogen-bond donors (Lipinski definition) is 3. The van der Waals surface area contributed by atoms with Gasteiger partial charge in [-0.2, -0.15) is 5.10 Å². The Morgan fingerprint density at radius 1 is 1.14 bits per heavy atom. The summed E-state index contributed by atoms with van der Waals surface area (Å²) < 4.78 is 5.83. The number of ether oxygens (including phenoxy) is 1. The molecule has 0 spiro atoms. The third-order valence-corrected chi connectivity index (χ3v) is 6.60. The number of nitrogens with two attached hydrogens (primary N) is 1. The highest BCUT2D eigenvalue weighted by Gasteiger charge is 2.52. The van der Waals surface area contributed by atoms with Crippen LogP contribution < -0.4 is 16.5 Å². The Balaban J connectivity index is 1.52. The molecule has 2 heterocycles. The molecule has 4 N–H and O–H groups in total. The van der Waals surface area contributed by atoms with Crippen molar-refractivity contribution in [3.63, 3.8) is 0 Å². The average molecular weight is 492 g/mol. The minimum Gasteiger partial charge on any atom is -0.374 e. The van der Waals surface area contributed by atoms with Gasteiger partial charge in [0.2, 0.25) is 11.8 Å². The van der Waals surface area contributed by atoms with E-state index in [-0.39, 0.29) is 25.0 Å². The summed E-state index contributed by atoms with van der Waals surface area (Å²) in [5, 5.41) is 7.04. The third-order valence-electron chi connectivity index (χ3n) is 6.60. The Morgan fingerprint density at radius 2 is 1.78 bits per heavy atom. The number of hydrogen-bond acceptors (Lipinski definition) is 6. The molecule has 190 valence electrons. The van der Waals surface area contributed by atoms with Gasteiger partial charge in [-0.1, -0.05) is 60.7 Å². The molecule has 0 bridgehead atoms. The summed E-state index contributed by atoms with van der Waals surface area (Å²) in [5.41, 5.74) is 9.17. The van der Waals surface area contributed by atoms with Crippen LogP contribution in [0.3, 0.4) is 0 Å². The first-order valence-electron chi connectivity index (χ1n) is 12.1. The van der Waals surface area contributed by atoms with Crippen molar-refractivity contribution in [2.24, 2.45) is 16.3 Å². The molecule has 0 saturated carbocycles. The number of carbonyl (C=O) groups excluding carboxylic acids is 3. The van der Waals surface area contributed by atoms with Crippen molar-refractivity contribution in [3.8, 4) is 0 Å². The van der Waals surface area contributed by atoms with Crippen LogP contribution in [0.4, 0.5) is 0 Å². The van der Waals surface area contributed by atoms with Crippen LogP contribution in [0.2, 0.25) is 0 Å². The molecule has 2 aliphatic heterocycles. The normalized spacial score (nSPS) is 20.2. The van der Waals surface area contributed by atoms with E-state index in [2.05, 4.69) is 15.8 Å². The van der Waals surface area contributed by atoms with Crippen LogP contribution in [0.5, 0.6) is 0 Å². The number of amides is 3.